The van der Waals surface area contributed by atoms with Crippen molar-refractivity contribution < 1.29 is 4.79 Å². The van der Waals surface area contributed by atoms with Crippen molar-refractivity contribution in [3.63, 3.8) is 0 Å². The van der Waals surface area contributed by atoms with Crippen LogP contribution in [0.15, 0.2) is 47.2 Å². The Morgan fingerprint density at radius 2 is 1.69 bits per heavy atom. The highest BCUT2D eigenvalue weighted by atomic mass is 127. The van der Waals surface area contributed by atoms with Crippen molar-refractivity contribution in [2.24, 2.45) is 11.8 Å². The topological polar surface area (TPSA) is 29.1 Å². The Kier molecular flexibility index (Phi) is 9.17. The van der Waals surface area contributed by atoms with Crippen molar-refractivity contribution in [2.75, 3.05) is 0 Å². The summed E-state index contributed by atoms with van der Waals surface area (Å²) in [5.41, 5.74) is 3.26. The van der Waals surface area contributed by atoms with Gasteiger partial charge in [-0.25, -0.2) is 0 Å². The van der Waals surface area contributed by atoms with Crippen LogP contribution in [0.1, 0.15) is 72.1 Å². The number of carbonyl (C=O) groups excluding carboxylic acids is 1. The molecule has 3 heteroatoms. The molecular formula is C23H34INO. The number of nitrogens with one attached hydrogen (secondary N) is 1. The molecule has 1 N–H and O–H groups in total. The molecule has 2 rings (SSSR count). The van der Waals surface area contributed by atoms with E-state index >= 15 is 0 Å². The first kappa shape index (κ1) is 21.5. The van der Waals surface area contributed by atoms with Crippen LogP contribution in [-0.4, -0.2) is 9.83 Å². The minimum Gasteiger partial charge on any atom is -0.326 e. The summed E-state index contributed by atoms with van der Waals surface area (Å²) in [4.78, 5) is 12.9. The lowest BCUT2D eigenvalue weighted by atomic mass is 9.92. The molecule has 0 aromatic carbocycles. The first-order chi connectivity index (χ1) is 12.4. The lowest BCUT2D eigenvalue weighted by Gasteiger charge is -2.18. The van der Waals surface area contributed by atoms with Gasteiger partial charge in [0, 0.05) is 15.5 Å². The van der Waals surface area contributed by atoms with Crippen molar-refractivity contribution in [3.8, 4) is 0 Å². The van der Waals surface area contributed by atoms with Gasteiger partial charge in [-0.2, -0.15) is 0 Å². The molecule has 144 valence electrons. The molecule has 0 aliphatic heterocycles. The van der Waals surface area contributed by atoms with E-state index in [-0.39, 0.29) is 11.8 Å². The Labute approximate surface area is 173 Å². The van der Waals surface area contributed by atoms with Crippen LogP contribution in [0, 0.1) is 11.8 Å². The maximum atomic E-state index is 12.9. The van der Waals surface area contributed by atoms with E-state index in [1.807, 2.05) is 6.08 Å². The quantitative estimate of drug-likeness (QED) is 0.358. The maximum absolute atomic E-state index is 12.9. The number of allylic oxidation sites excluding steroid dienone is 7. The van der Waals surface area contributed by atoms with Gasteiger partial charge in [0.2, 0.25) is 5.91 Å². The zero-order chi connectivity index (χ0) is 18.9. The van der Waals surface area contributed by atoms with Crippen molar-refractivity contribution in [2.45, 2.75) is 76.1 Å². The SMILES string of the molecule is CC1=C/C=C(C)\C=C(NC(=O)C2CCCCC(I)CC(C)CCC2)/C=C\1. The summed E-state index contributed by atoms with van der Waals surface area (Å²) >= 11 is 2.62. The lowest BCUT2D eigenvalue weighted by Crippen LogP contribution is -2.30. The number of hydrogen-bond acceptors (Lipinski definition) is 1. The molecule has 3 unspecified atom stereocenters. The molecule has 1 saturated carbocycles. The van der Waals surface area contributed by atoms with Gasteiger partial charge in [-0.05, 0) is 63.2 Å². The molecule has 1 amide bonds. The summed E-state index contributed by atoms with van der Waals surface area (Å²) < 4.78 is 0.796. The van der Waals surface area contributed by atoms with Crippen molar-refractivity contribution >= 4 is 28.5 Å². The predicted molar refractivity (Wildman–Crippen MR) is 120 cm³/mol. The van der Waals surface area contributed by atoms with Crippen LogP contribution in [0.4, 0.5) is 0 Å². The van der Waals surface area contributed by atoms with E-state index in [1.165, 1.54) is 37.7 Å². The molecule has 3 atom stereocenters. The van der Waals surface area contributed by atoms with Crippen LogP contribution in [0.3, 0.4) is 0 Å². The standard InChI is InChI=1S/C23H34INO/c1-17-11-12-19(3)16-22(14-13-17)25-23(26)20-8-4-5-10-21(24)15-18(2)7-6-9-20/h11-14,16,18,20-21H,4-10,15H2,1-3H3,(H,25,26)/b12-11?,14-13-,17-11-,17-13?,19-12-,19-16?,22-14?,22-16+. The van der Waals surface area contributed by atoms with Gasteiger partial charge in [0.15, 0.2) is 0 Å². The fourth-order valence-corrected chi connectivity index (χ4v) is 5.06. The number of rotatable bonds is 2. The molecule has 2 aliphatic rings. The Balaban J connectivity index is 1.99. The van der Waals surface area contributed by atoms with E-state index in [0.29, 0.717) is 0 Å². The number of alkyl halides is 1. The van der Waals surface area contributed by atoms with Crippen LogP contribution in [0.25, 0.3) is 0 Å². The van der Waals surface area contributed by atoms with Gasteiger partial charge in [-0.1, -0.05) is 79.0 Å². The molecule has 0 aromatic rings. The third kappa shape index (κ3) is 7.81. The second-order valence-electron chi connectivity index (χ2n) is 8.09. The van der Waals surface area contributed by atoms with Crippen molar-refractivity contribution in [1.82, 2.24) is 5.32 Å². The van der Waals surface area contributed by atoms with Gasteiger partial charge < -0.3 is 5.32 Å². The lowest BCUT2D eigenvalue weighted by molar-refractivity contribution is -0.124. The van der Waals surface area contributed by atoms with E-state index in [1.54, 1.807) is 0 Å². The summed E-state index contributed by atoms with van der Waals surface area (Å²) in [5.74, 6) is 1.12. The van der Waals surface area contributed by atoms with Crippen LogP contribution < -0.4 is 5.32 Å². The number of carbonyl (C=O) groups is 1. The third-order valence-electron chi connectivity index (χ3n) is 5.38. The molecular weight excluding hydrogens is 433 g/mol. The second-order valence-corrected chi connectivity index (χ2v) is 9.86. The van der Waals surface area contributed by atoms with E-state index in [9.17, 15) is 4.79 Å². The molecule has 2 nitrogen and oxygen atoms in total. The maximum Gasteiger partial charge on any atom is 0.227 e. The molecule has 0 heterocycles. The first-order valence-electron chi connectivity index (χ1n) is 10.1. The molecule has 0 saturated heterocycles. The molecule has 0 bridgehead atoms. The molecule has 26 heavy (non-hydrogen) atoms. The summed E-state index contributed by atoms with van der Waals surface area (Å²) in [7, 11) is 0. The van der Waals surface area contributed by atoms with Gasteiger partial charge in [0.25, 0.3) is 0 Å². The number of amides is 1. The van der Waals surface area contributed by atoms with Crippen molar-refractivity contribution in [3.05, 3.63) is 47.2 Å². The largest absolute Gasteiger partial charge is 0.326 e. The summed E-state index contributed by atoms with van der Waals surface area (Å²) in [5, 5.41) is 3.19. The smallest absolute Gasteiger partial charge is 0.227 e. The van der Waals surface area contributed by atoms with Crippen molar-refractivity contribution in [1.29, 1.82) is 0 Å². The van der Waals surface area contributed by atoms with Crippen LogP contribution in [0.2, 0.25) is 0 Å². The highest BCUT2D eigenvalue weighted by molar-refractivity contribution is 14.1. The fraction of sp³-hybridized carbons (Fsp3) is 0.609. The zero-order valence-electron chi connectivity index (χ0n) is 16.6. The summed E-state index contributed by atoms with van der Waals surface area (Å²) in [6.07, 6.45) is 19.8. The van der Waals surface area contributed by atoms with Gasteiger partial charge in [0.05, 0.1) is 0 Å². The van der Waals surface area contributed by atoms with E-state index in [2.05, 4.69) is 73.0 Å². The Hall–Kier alpha value is -0.840. The average Bonchev–Trinajstić information content (AvgIpc) is 2.61. The molecule has 0 aromatic heterocycles. The number of halogens is 1. The minimum atomic E-state index is 0.147. The van der Waals surface area contributed by atoms with Crippen LogP contribution >= 0.6 is 22.6 Å². The molecule has 2 aliphatic carbocycles. The normalized spacial score (nSPS) is 35.8. The first-order valence-corrected chi connectivity index (χ1v) is 11.4. The minimum absolute atomic E-state index is 0.147. The predicted octanol–water partition coefficient (Wildman–Crippen LogP) is 6.64. The summed E-state index contributed by atoms with van der Waals surface area (Å²) in [6.45, 7) is 6.52. The Bertz CT molecular complexity index is 599. The van der Waals surface area contributed by atoms with Gasteiger partial charge in [-0.3, -0.25) is 4.79 Å². The Morgan fingerprint density at radius 1 is 1.00 bits per heavy atom. The Morgan fingerprint density at radius 3 is 2.50 bits per heavy atom. The highest BCUT2D eigenvalue weighted by Gasteiger charge is 2.21. The summed E-state index contributed by atoms with van der Waals surface area (Å²) in [6, 6.07) is 0. The second kappa shape index (κ2) is 11.1. The van der Waals surface area contributed by atoms with Gasteiger partial charge >= 0.3 is 0 Å². The molecule has 0 spiro atoms. The van der Waals surface area contributed by atoms with E-state index in [4.69, 9.17) is 0 Å². The zero-order valence-corrected chi connectivity index (χ0v) is 18.7. The number of hydrogen-bond donors (Lipinski definition) is 1. The van der Waals surface area contributed by atoms with E-state index in [0.717, 1.165) is 40.4 Å². The molecule has 1 fully saturated rings. The van der Waals surface area contributed by atoms with Gasteiger partial charge in [-0.15, -0.1) is 0 Å². The molecule has 0 radical (unpaired) electrons. The van der Waals surface area contributed by atoms with E-state index < -0.39 is 0 Å². The third-order valence-corrected chi connectivity index (χ3v) is 6.52. The highest BCUT2D eigenvalue weighted by Crippen LogP contribution is 2.27. The average molecular weight is 467 g/mol. The van der Waals surface area contributed by atoms with Crippen LogP contribution in [-0.2, 0) is 4.79 Å². The fourth-order valence-electron chi connectivity index (χ4n) is 3.75. The van der Waals surface area contributed by atoms with Gasteiger partial charge in [0.1, 0.15) is 0 Å². The monoisotopic (exact) mass is 467 g/mol. The van der Waals surface area contributed by atoms with Crippen LogP contribution in [0.5, 0.6) is 0 Å².